The van der Waals surface area contributed by atoms with Crippen LogP contribution in [0.15, 0.2) is 36.7 Å². The molecule has 0 radical (unpaired) electrons. The molecule has 25 heavy (non-hydrogen) atoms. The van der Waals surface area contributed by atoms with Crippen LogP contribution in [-0.4, -0.2) is 32.5 Å². The fourth-order valence-electron chi connectivity index (χ4n) is 3.63. The highest BCUT2D eigenvalue weighted by Gasteiger charge is 2.30. The molecule has 1 fully saturated rings. The maximum Gasteiger partial charge on any atom is 0.123 e. The van der Waals surface area contributed by atoms with E-state index >= 15 is 0 Å². The van der Waals surface area contributed by atoms with Crippen LogP contribution in [0.2, 0.25) is 0 Å². The molecule has 0 spiro atoms. The van der Waals surface area contributed by atoms with Crippen LogP contribution in [0.1, 0.15) is 30.8 Å². The van der Waals surface area contributed by atoms with Crippen molar-refractivity contribution in [2.75, 3.05) is 13.2 Å². The van der Waals surface area contributed by atoms with Gasteiger partial charge in [0.15, 0.2) is 0 Å². The van der Waals surface area contributed by atoms with Gasteiger partial charge in [-0.2, -0.15) is 5.10 Å². The van der Waals surface area contributed by atoms with Crippen LogP contribution in [-0.2, 0) is 24.9 Å². The van der Waals surface area contributed by atoms with E-state index in [1.54, 1.807) is 0 Å². The van der Waals surface area contributed by atoms with E-state index in [-0.39, 0.29) is 6.10 Å². The highest BCUT2D eigenvalue weighted by Crippen LogP contribution is 2.33. The monoisotopic (exact) mass is 339 g/mol. The number of hydrogen-bond acceptors (Lipinski definition) is 4. The highest BCUT2D eigenvalue weighted by atomic mass is 16.5. The number of rotatable bonds is 6. The molecule has 6 heteroatoms. The first kappa shape index (κ1) is 16.3. The minimum atomic E-state index is 0.147. The fraction of sp³-hybridized carbons (Fsp3) is 0.474. The number of ether oxygens (including phenoxy) is 1. The zero-order valence-corrected chi connectivity index (χ0v) is 14.9. The maximum absolute atomic E-state index is 5.97. The van der Waals surface area contributed by atoms with Crippen LogP contribution in [0, 0.1) is 5.92 Å². The van der Waals surface area contributed by atoms with Crippen molar-refractivity contribution in [3.63, 3.8) is 0 Å². The lowest BCUT2D eigenvalue weighted by atomic mass is 9.97. The number of para-hydroxylation sites is 2. The van der Waals surface area contributed by atoms with Crippen molar-refractivity contribution in [2.24, 2.45) is 13.0 Å². The Morgan fingerprint density at radius 2 is 2.20 bits per heavy atom. The summed E-state index contributed by atoms with van der Waals surface area (Å²) in [6.45, 7) is 5.50. The summed E-state index contributed by atoms with van der Waals surface area (Å²) in [7, 11) is 2.08. The second kappa shape index (κ2) is 6.98. The van der Waals surface area contributed by atoms with Crippen LogP contribution in [0.5, 0.6) is 0 Å². The predicted molar refractivity (Wildman–Crippen MR) is 97.1 cm³/mol. The third-order valence-electron chi connectivity index (χ3n) is 5.09. The number of nitrogens with zero attached hydrogens (tertiary/aromatic N) is 4. The summed E-state index contributed by atoms with van der Waals surface area (Å²) in [6, 6.07) is 8.25. The largest absolute Gasteiger partial charge is 0.373 e. The lowest BCUT2D eigenvalue weighted by molar-refractivity contribution is 0.0903. The van der Waals surface area contributed by atoms with Crippen molar-refractivity contribution in [1.82, 2.24) is 24.6 Å². The maximum atomic E-state index is 5.97. The first-order chi connectivity index (χ1) is 12.3. The quantitative estimate of drug-likeness (QED) is 0.750. The third-order valence-corrected chi connectivity index (χ3v) is 5.09. The van der Waals surface area contributed by atoms with Gasteiger partial charge in [-0.15, -0.1) is 0 Å². The SMILES string of the molecule is CCn1cc([C@H]2OCC[C@@H]2CNCc2nc3ccccc3n2C)cn1. The van der Waals surface area contributed by atoms with Gasteiger partial charge in [0.25, 0.3) is 0 Å². The molecule has 0 saturated carbocycles. The Morgan fingerprint density at radius 1 is 1.32 bits per heavy atom. The van der Waals surface area contributed by atoms with Crippen LogP contribution in [0.25, 0.3) is 11.0 Å². The number of aromatic nitrogens is 4. The van der Waals surface area contributed by atoms with E-state index in [4.69, 9.17) is 9.72 Å². The summed E-state index contributed by atoms with van der Waals surface area (Å²) in [5, 5.41) is 7.96. The average Bonchev–Trinajstić information content (AvgIpc) is 3.35. The van der Waals surface area contributed by atoms with E-state index < -0.39 is 0 Å². The smallest absolute Gasteiger partial charge is 0.123 e. The number of benzene rings is 1. The molecule has 1 saturated heterocycles. The van der Waals surface area contributed by atoms with E-state index in [1.165, 1.54) is 11.1 Å². The normalized spacial score (nSPS) is 20.6. The molecule has 1 aliphatic rings. The first-order valence-corrected chi connectivity index (χ1v) is 9.01. The number of hydrogen-bond donors (Lipinski definition) is 1. The second-order valence-corrected chi connectivity index (χ2v) is 6.68. The molecule has 1 aliphatic heterocycles. The first-order valence-electron chi connectivity index (χ1n) is 9.01. The number of aryl methyl sites for hydroxylation is 2. The molecule has 2 atom stereocenters. The second-order valence-electron chi connectivity index (χ2n) is 6.68. The van der Waals surface area contributed by atoms with Gasteiger partial charge < -0.3 is 14.6 Å². The van der Waals surface area contributed by atoms with Crippen LogP contribution >= 0.6 is 0 Å². The summed E-state index contributed by atoms with van der Waals surface area (Å²) in [5.41, 5.74) is 3.41. The van der Waals surface area contributed by atoms with Gasteiger partial charge in [0.1, 0.15) is 5.82 Å². The van der Waals surface area contributed by atoms with Crippen molar-refractivity contribution in [3.8, 4) is 0 Å². The van der Waals surface area contributed by atoms with E-state index in [1.807, 2.05) is 16.9 Å². The molecule has 3 heterocycles. The molecule has 132 valence electrons. The van der Waals surface area contributed by atoms with Gasteiger partial charge >= 0.3 is 0 Å². The molecule has 0 bridgehead atoms. The van der Waals surface area contributed by atoms with Crippen LogP contribution in [0.3, 0.4) is 0 Å². The Hall–Kier alpha value is -2.18. The van der Waals surface area contributed by atoms with Crippen LogP contribution < -0.4 is 5.32 Å². The predicted octanol–water partition coefficient (Wildman–Crippen LogP) is 2.66. The van der Waals surface area contributed by atoms with E-state index in [0.717, 1.165) is 44.0 Å². The van der Waals surface area contributed by atoms with Crippen molar-refractivity contribution in [2.45, 2.75) is 32.5 Å². The van der Waals surface area contributed by atoms with Gasteiger partial charge in [0.05, 0.1) is 29.9 Å². The lowest BCUT2D eigenvalue weighted by Gasteiger charge is -2.17. The summed E-state index contributed by atoms with van der Waals surface area (Å²) >= 11 is 0. The Balaban J connectivity index is 1.39. The molecule has 2 aromatic heterocycles. The van der Waals surface area contributed by atoms with Gasteiger partial charge in [-0.05, 0) is 25.5 Å². The molecule has 3 aromatic rings. The topological polar surface area (TPSA) is 56.9 Å². The zero-order valence-electron chi connectivity index (χ0n) is 14.9. The molecule has 0 amide bonds. The molecular formula is C19H25N5O. The summed E-state index contributed by atoms with van der Waals surface area (Å²) < 4.78 is 10.1. The number of imidazole rings is 1. The Morgan fingerprint density at radius 3 is 3.00 bits per heavy atom. The van der Waals surface area contributed by atoms with Crippen LogP contribution in [0.4, 0.5) is 0 Å². The number of nitrogens with one attached hydrogen (secondary N) is 1. The van der Waals surface area contributed by atoms with Gasteiger partial charge in [0, 0.05) is 44.4 Å². The lowest BCUT2D eigenvalue weighted by Crippen LogP contribution is -2.25. The zero-order chi connectivity index (χ0) is 17.2. The molecule has 4 rings (SSSR count). The summed E-state index contributed by atoms with van der Waals surface area (Å²) in [5.74, 6) is 1.54. The van der Waals surface area contributed by atoms with Crippen molar-refractivity contribution in [1.29, 1.82) is 0 Å². The minimum Gasteiger partial charge on any atom is -0.373 e. The molecule has 0 aliphatic carbocycles. The van der Waals surface area contributed by atoms with Crippen molar-refractivity contribution in [3.05, 3.63) is 48.0 Å². The highest BCUT2D eigenvalue weighted by molar-refractivity contribution is 5.75. The molecular weight excluding hydrogens is 314 g/mol. The minimum absolute atomic E-state index is 0.147. The molecule has 0 unspecified atom stereocenters. The average molecular weight is 339 g/mol. The molecule has 1 aromatic carbocycles. The van der Waals surface area contributed by atoms with E-state index in [2.05, 4.69) is 53.3 Å². The van der Waals surface area contributed by atoms with Gasteiger partial charge in [-0.3, -0.25) is 4.68 Å². The summed E-state index contributed by atoms with van der Waals surface area (Å²) in [4.78, 5) is 4.72. The summed E-state index contributed by atoms with van der Waals surface area (Å²) in [6.07, 6.45) is 5.28. The molecule has 1 N–H and O–H groups in total. The Labute approximate surface area is 147 Å². The number of fused-ring (bicyclic) bond motifs is 1. The molecule has 6 nitrogen and oxygen atoms in total. The van der Waals surface area contributed by atoms with Gasteiger partial charge in [-0.25, -0.2) is 4.98 Å². The fourth-order valence-corrected chi connectivity index (χ4v) is 3.63. The van der Waals surface area contributed by atoms with E-state index in [0.29, 0.717) is 5.92 Å². The van der Waals surface area contributed by atoms with Gasteiger partial charge in [-0.1, -0.05) is 12.1 Å². The third kappa shape index (κ3) is 3.19. The van der Waals surface area contributed by atoms with Crippen molar-refractivity contribution >= 4 is 11.0 Å². The van der Waals surface area contributed by atoms with E-state index in [9.17, 15) is 0 Å². The van der Waals surface area contributed by atoms with Gasteiger partial charge in [0.2, 0.25) is 0 Å². The standard InChI is InChI=1S/C19H25N5O/c1-3-24-13-15(11-21-24)19-14(8-9-25-19)10-20-12-18-22-16-6-4-5-7-17(16)23(18)2/h4-7,11,13-14,19-20H,3,8-10,12H2,1-2H3/t14-,19+/m1/s1. The Bertz CT molecular complexity index is 852. The van der Waals surface area contributed by atoms with Crippen molar-refractivity contribution < 1.29 is 4.74 Å². The Kier molecular flexibility index (Phi) is 4.55.